The Bertz CT molecular complexity index is 463. The third-order valence-corrected chi connectivity index (χ3v) is 6.08. The molecule has 1 rings (SSSR count). The predicted octanol–water partition coefficient (Wildman–Crippen LogP) is 5.02. The van der Waals surface area contributed by atoms with Crippen molar-refractivity contribution >= 4 is 0 Å². The Kier molecular flexibility index (Phi) is 20.4. The first-order chi connectivity index (χ1) is 14.1. The van der Waals surface area contributed by atoms with Crippen molar-refractivity contribution in [3.05, 3.63) is 30.3 Å². The molecule has 3 heteroatoms. The van der Waals surface area contributed by atoms with Gasteiger partial charge in [-0.2, -0.15) is 0 Å². The summed E-state index contributed by atoms with van der Waals surface area (Å²) in [5.74, 6) is 0.986. The van der Waals surface area contributed by atoms with Gasteiger partial charge in [-0.15, -0.1) is 0 Å². The topological polar surface area (TPSA) is 9.23 Å². The summed E-state index contributed by atoms with van der Waals surface area (Å²) in [6.07, 6.45) is 21.5. The van der Waals surface area contributed by atoms with Gasteiger partial charge in [0, 0.05) is 0 Å². The summed E-state index contributed by atoms with van der Waals surface area (Å²) in [4.78, 5) is 0. The maximum absolute atomic E-state index is 5.85. The zero-order valence-corrected chi connectivity index (χ0v) is 22.5. The number of quaternary nitrogens is 1. The van der Waals surface area contributed by atoms with Crippen molar-refractivity contribution in [3.8, 4) is 5.75 Å². The van der Waals surface area contributed by atoms with Crippen molar-refractivity contribution in [1.29, 1.82) is 0 Å². The van der Waals surface area contributed by atoms with Crippen LogP contribution in [-0.4, -0.2) is 38.3 Å². The summed E-state index contributed by atoms with van der Waals surface area (Å²) in [5, 5.41) is 0. The fourth-order valence-electron chi connectivity index (χ4n) is 3.95. The van der Waals surface area contributed by atoms with E-state index in [1.807, 2.05) is 30.3 Å². The molecule has 0 spiro atoms. The molecule has 1 aromatic rings. The van der Waals surface area contributed by atoms with E-state index in [0.717, 1.165) is 23.4 Å². The summed E-state index contributed by atoms with van der Waals surface area (Å²) in [6.45, 7) is 5.43. The molecule has 0 atom stereocenters. The van der Waals surface area contributed by atoms with Crippen molar-refractivity contribution in [2.75, 3.05) is 33.8 Å². The number of rotatable bonds is 20. The van der Waals surface area contributed by atoms with Gasteiger partial charge in [-0.05, 0) is 25.0 Å². The third kappa shape index (κ3) is 18.5. The average Bonchev–Trinajstić information content (AvgIpc) is 2.71. The molecule has 30 heavy (non-hydrogen) atoms. The van der Waals surface area contributed by atoms with Gasteiger partial charge in [0.2, 0.25) is 0 Å². The van der Waals surface area contributed by atoms with Gasteiger partial charge in [0.15, 0.2) is 0 Å². The third-order valence-electron chi connectivity index (χ3n) is 6.08. The lowest BCUT2D eigenvalue weighted by Crippen LogP contribution is -3.00. The second-order valence-electron chi connectivity index (χ2n) is 9.49. The number of nitrogens with zero attached hydrogens (tertiary/aromatic N) is 1. The standard InChI is InChI=1S/C27H50NO.HI/c1-4-5-6-7-8-9-10-11-12-13-14-15-16-17-21-24-28(2,3)25-26-29-27-22-19-18-20-23-27;/h18-20,22-23H,4-17,21,24-26H2,1-3H3;1H/q+1;/p-1. The average molecular weight is 532 g/mol. The lowest BCUT2D eigenvalue weighted by Gasteiger charge is -2.29. The monoisotopic (exact) mass is 531 g/mol. The van der Waals surface area contributed by atoms with Crippen LogP contribution in [0.2, 0.25) is 0 Å². The van der Waals surface area contributed by atoms with E-state index in [1.165, 1.54) is 103 Å². The van der Waals surface area contributed by atoms with E-state index >= 15 is 0 Å². The maximum Gasteiger partial charge on any atom is 0.137 e. The summed E-state index contributed by atoms with van der Waals surface area (Å²) in [6, 6.07) is 10.2. The zero-order chi connectivity index (χ0) is 21.0. The minimum Gasteiger partial charge on any atom is -1.00 e. The molecule has 0 fully saturated rings. The first-order valence-corrected chi connectivity index (χ1v) is 12.6. The molecular weight excluding hydrogens is 481 g/mol. The van der Waals surface area contributed by atoms with Crippen LogP contribution < -0.4 is 28.7 Å². The molecular formula is C27H50INO. The Labute approximate surface area is 205 Å². The van der Waals surface area contributed by atoms with Crippen LogP contribution in [0.15, 0.2) is 30.3 Å². The smallest absolute Gasteiger partial charge is 0.137 e. The van der Waals surface area contributed by atoms with E-state index in [9.17, 15) is 0 Å². The molecule has 0 aliphatic heterocycles. The number of hydrogen-bond acceptors (Lipinski definition) is 1. The van der Waals surface area contributed by atoms with E-state index in [4.69, 9.17) is 4.74 Å². The van der Waals surface area contributed by atoms with Gasteiger partial charge in [-0.3, -0.25) is 0 Å². The molecule has 0 bridgehead atoms. The van der Waals surface area contributed by atoms with Crippen LogP contribution in [0.4, 0.5) is 0 Å². The number of hydrogen-bond donors (Lipinski definition) is 0. The van der Waals surface area contributed by atoms with Crippen molar-refractivity contribution in [1.82, 2.24) is 0 Å². The first kappa shape index (κ1) is 29.7. The molecule has 0 aliphatic rings. The van der Waals surface area contributed by atoms with Gasteiger partial charge >= 0.3 is 0 Å². The van der Waals surface area contributed by atoms with E-state index in [0.29, 0.717) is 0 Å². The first-order valence-electron chi connectivity index (χ1n) is 12.6. The highest BCUT2D eigenvalue weighted by molar-refractivity contribution is 5.20. The SMILES string of the molecule is CCCCCCCCCCCCCCCCC[N+](C)(C)CCOc1ccccc1.[I-]. The van der Waals surface area contributed by atoms with Gasteiger partial charge < -0.3 is 33.2 Å². The summed E-state index contributed by atoms with van der Waals surface area (Å²) < 4.78 is 6.92. The summed E-state index contributed by atoms with van der Waals surface area (Å²) in [7, 11) is 4.66. The number of halogens is 1. The highest BCUT2D eigenvalue weighted by Gasteiger charge is 2.14. The van der Waals surface area contributed by atoms with Crippen LogP contribution >= 0.6 is 0 Å². The number of para-hydroxylation sites is 1. The largest absolute Gasteiger partial charge is 1.00 e. The number of ether oxygens (including phenoxy) is 1. The van der Waals surface area contributed by atoms with E-state index < -0.39 is 0 Å². The molecule has 0 radical (unpaired) electrons. The lowest BCUT2D eigenvalue weighted by atomic mass is 10.0. The molecule has 0 saturated carbocycles. The molecule has 176 valence electrons. The summed E-state index contributed by atoms with van der Waals surface area (Å²) in [5.41, 5.74) is 0. The highest BCUT2D eigenvalue weighted by Crippen LogP contribution is 2.14. The second kappa shape index (κ2) is 20.6. The van der Waals surface area contributed by atoms with Crippen molar-refractivity contribution in [3.63, 3.8) is 0 Å². The Morgan fingerprint density at radius 2 is 1.03 bits per heavy atom. The van der Waals surface area contributed by atoms with Crippen molar-refractivity contribution < 1.29 is 33.2 Å². The van der Waals surface area contributed by atoms with Crippen LogP contribution in [0, 0.1) is 0 Å². The van der Waals surface area contributed by atoms with Crippen LogP contribution in [0.25, 0.3) is 0 Å². The molecule has 0 unspecified atom stereocenters. The zero-order valence-electron chi connectivity index (χ0n) is 20.3. The Morgan fingerprint density at radius 3 is 1.50 bits per heavy atom. The molecule has 2 nitrogen and oxygen atoms in total. The molecule has 0 aromatic heterocycles. The van der Waals surface area contributed by atoms with Crippen LogP contribution in [0.3, 0.4) is 0 Å². The molecule has 0 saturated heterocycles. The second-order valence-corrected chi connectivity index (χ2v) is 9.49. The predicted molar refractivity (Wildman–Crippen MR) is 129 cm³/mol. The van der Waals surface area contributed by atoms with Crippen LogP contribution in [0.1, 0.15) is 103 Å². The quantitative estimate of drug-likeness (QED) is 0.131. The Morgan fingerprint density at radius 1 is 0.600 bits per heavy atom. The van der Waals surface area contributed by atoms with E-state index in [2.05, 4.69) is 21.0 Å². The van der Waals surface area contributed by atoms with Gasteiger partial charge in [-0.1, -0.05) is 109 Å². The Hall–Kier alpha value is -0.290. The molecule has 0 N–H and O–H groups in total. The highest BCUT2D eigenvalue weighted by atomic mass is 127. The van der Waals surface area contributed by atoms with Crippen LogP contribution in [-0.2, 0) is 0 Å². The van der Waals surface area contributed by atoms with E-state index in [1.54, 1.807) is 0 Å². The van der Waals surface area contributed by atoms with Gasteiger partial charge in [0.1, 0.15) is 18.9 Å². The Balaban J connectivity index is 0.00000841. The minimum atomic E-state index is 0. The van der Waals surface area contributed by atoms with Gasteiger partial charge in [0.25, 0.3) is 0 Å². The summed E-state index contributed by atoms with van der Waals surface area (Å²) >= 11 is 0. The minimum absolute atomic E-state index is 0. The number of likely N-dealkylation sites (N-methyl/N-ethyl adjacent to an activating group) is 1. The normalized spacial score (nSPS) is 11.3. The fraction of sp³-hybridized carbons (Fsp3) is 0.778. The lowest BCUT2D eigenvalue weighted by molar-refractivity contribution is -0.890. The van der Waals surface area contributed by atoms with Crippen molar-refractivity contribution in [2.45, 2.75) is 103 Å². The number of benzene rings is 1. The molecule has 0 aliphatic carbocycles. The fourth-order valence-corrected chi connectivity index (χ4v) is 3.95. The van der Waals surface area contributed by atoms with E-state index in [-0.39, 0.29) is 24.0 Å². The molecule has 1 aromatic carbocycles. The maximum atomic E-state index is 5.85. The van der Waals surface area contributed by atoms with Gasteiger partial charge in [-0.25, -0.2) is 0 Å². The molecule has 0 amide bonds. The van der Waals surface area contributed by atoms with Gasteiger partial charge in [0.05, 0.1) is 20.6 Å². The number of unbranched alkanes of at least 4 members (excludes halogenated alkanes) is 14. The molecule has 0 heterocycles. The van der Waals surface area contributed by atoms with Crippen molar-refractivity contribution in [2.24, 2.45) is 0 Å². The van der Waals surface area contributed by atoms with Crippen LogP contribution in [0.5, 0.6) is 5.75 Å².